The summed E-state index contributed by atoms with van der Waals surface area (Å²) in [5, 5.41) is 2.94. The van der Waals surface area contributed by atoms with Crippen molar-refractivity contribution < 1.29 is 18.7 Å². The molecule has 30 heavy (non-hydrogen) atoms. The highest BCUT2D eigenvalue weighted by Gasteiger charge is 2.31. The van der Waals surface area contributed by atoms with E-state index in [0.29, 0.717) is 40.2 Å². The lowest BCUT2D eigenvalue weighted by atomic mass is 9.90. The van der Waals surface area contributed by atoms with E-state index in [4.69, 9.17) is 15.2 Å². The van der Waals surface area contributed by atoms with E-state index in [2.05, 4.69) is 25.3 Å². The van der Waals surface area contributed by atoms with Gasteiger partial charge in [0, 0.05) is 12.0 Å². The average Bonchev–Trinajstić information content (AvgIpc) is 2.72. The van der Waals surface area contributed by atoms with Gasteiger partial charge in [0.2, 0.25) is 11.8 Å². The zero-order valence-corrected chi connectivity index (χ0v) is 16.6. The van der Waals surface area contributed by atoms with Gasteiger partial charge in [0.1, 0.15) is 0 Å². The Hall–Kier alpha value is -3.82. The minimum Gasteiger partial charge on any atom is -0.494 e. The summed E-state index contributed by atoms with van der Waals surface area (Å²) in [6.07, 6.45) is 3.29. The number of anilines is 1. The van der Waals surface area contributed by atoms with Gasteiger partial charge in [-0.2, -0.15) is 0 Å². The molecule has 3 aromatic rings. The van der Waals surface area contributed by atoms with Crippen LogP contribution in [-0.4, -0.2) is 40.1 Å². The second-order valence-corrected chi connectivity index (χ2v) is 6.74. The van der Waals surface area contributed by atoms with Gasteiger partial charge in [0.05, 0.1) is 55.3 Å². The fourth-order valence-electron chi connectivity index (χ4n) is 3.57. The number of ether oxygens (including phenoxy) is 2. The van der Waals surface area contributed by atoms with Crippen LogP contribution < -0.4 is 20.5 Å². The summed E-state index contributed by atoms with van der Waals surface area (Å²) >= 11 is 0. The number of hydrogen-bond acceptors (Lipinski definition) is 8. The molecular weight excluding hydrogens is 391 g/mol. The molecule has 1 aliphatic heterocycles. The molecule has 0 aliphatic carbocycles. The van der Waals surface area contributed by atoms with E-state index in [1.165, 1.54) is 32.7 Å². The summed E-state index contributed by atoms with van der Waals surface area (Å²) in [4.78, 5) is 29.5. The fourth-order valence-corrected chi connectivity index (χ4v) is 3.57. The van der Waals surface area contributed by atoms with Crippen molar-refractivity contribution in [1.29, 1.82) is 0 Å². The molecule has 0 unspecified atom stereocenters. The maximum atomic E-state index is 14.6. The van der Waals surface area contributed by atoms with Crippen LogP contribution in [0, 0.1) is 12.7 Å². The Morgan fingerprint density at radius 3 is 2.70 bits per heavy atom. The third kappa shape index (κ3) is 3.36. The number of fused-ring (bicyclic) bond motifs is 1. The largest absolute Gasteiger partial charge is 0.494 e. The van der Waals surface area contributed by atoms with E-state index in [0.717, 1.165) is 0 Å². The van der Waals surface area contributed by atoms with Gasteiger partial charge in [-0.1, -0.05) is 0 Å². The van der Waals surface area contributed by atoms with E-state index in [-0.39, 0.29) is 23.5 Å². The summed E-state index contributed by atoms with van der Waals surface area (Å²) in [5.41, 5.74) is 8.65. The Labute approximate surface area is 171 Å². The predicted octanol–water partition coefficient (Wildman–Crippen LogP) is 2.01. The van der Waals surface area contributed by atoms with Crippen LogP contribution in [-0.2, 0) is 6.42 Å². The van der Waals surface area contributed by atoms with Gasteiger partial charge < -0.3 is 20.5 Å². The third-order valence-electron chi connectivity index (χ3n) is 4.91. The van der Waals surface area contributed by atoms with E-state index in [1.807, 2.05) is 0 Å². The lowest BCUT2D eigenvalue weighted by Crippen LogP contribution is -2.37. The number of nitrogen functional groups attached to an aromatic ring is 1. The average molecular weight is 410 g/mol. The van der Waals surface area contributed by atoms with Crippen molar-refractivity contribution in [3.05, 3.63) is 52.9 Å². The third-order valence-corrected chi connectivity index (χ3v) is 4.91. The van der Waals surface area contributed by atoms with Crippen molar-refractivity contribution in [3.8, 4) is 22.9 Å². The Morgan fingerprint density at radius 2 is 1.97 bits per heavy atom. The molecule has 1 amide bonds. The van der Waals surface area contributed by atoms with Crippen molar-refractivity contribution >= 4 is 11.9 Å². The molecule has 1 aliphatic rings. The van der Waals surface area contributed by atoms with Gasteiger partial charge in [-0.3, -0.25) is 9.78 Å². The predicted molar refractivity (Wildman–Crippen MR) is 106 cm³/mol. The molecule has 1 aromatic carbocycles. The Kier molecular flexibility index (Phi) is 4.90. The molecular formula is C20H19FN6O3. The first kappa shape index (κ1) is 19.5. The monoisotopic (exact) mass is 410 g/mol. The van der Waals surface area contributed by atoms with E-state index in [1.54, 1.807) is 13.0 Å². The molecule has 0 spiro atoms. The molecule has 0 saturated carbocycles. The van der Waals surface area contributed by atoms with Gasteiger partial charge in [-0.05, 0) is 24.6 Å². The number of halogens is 1. The van der Waals surface area contributed by atoms with Crippen LogP contribution in [0.1, 0.15) is 33.4 Å². The molecule has 0 radical (unpaired) electrons. The van der Waals surface area contributed by atoms with Crippen molar-refractivity contribution in [2.75, 3.05) is 20.0 Å². The number of carbonyl (C=O) groups excluding carboxylic acids is 1. The summed E-state index contributed by atoms with van der Waals surface area (Å²) in [6.45, 7) is 1.70. The summed E-state index contributed by atoms with van der Waals surface area (Å²) in [5.74, 6) is -0.474. The van der Waals surface area contributed by atoms with Gasteiger partial charge in [-0.25, -0.2) is 19.3 Å². The van der Waals surface area contributed by atoms with Gasteiger partial charge >= 0.3 is 0 Å². The van der Waals surface area contributed by atoms with Crippen molar-refractivity contribution in [2.45, 2.75) is 19.4 Å². The molecule has 3 N–H and O–H groups in total. The van der Waals surface area contributed by atoms with Gasteiger partial charge in [0.25, 0.3) is 5.91 Å². The minimum absolute atomic E-state index is 0.0445. The van der Waals surface area contributed by atoms with Crippen LogP contribution in [0.3, 0.4) is 0 Å². The number of aryl methyl sites for hydroxylation is 1. The van der Waals surface area contributed by atoms with Crippen LogP contribution in [0.5, 0.6) is 11.6 Å². The molecule has 0 saturated heterocycles. The molecule has 4 rings (SSSR count). The van der Waals surface area contributed by atoms with Crippen LogP contribution in [0.25, 0.3) is 11.3 Å². The smallest absolute Gasteiger partial charge is 0.255 e. The summed E-state index contributed by atoms with van der Waals surface area (Å²) < 4.78 is 24.8. The first-order valence-electron chi connectivity index (χ1n) is 9.09. The highest BCUT2D eigenvalue weighted by Crippen LogP contribution is 2.36. The first-order valence-corrected chi connectivity index (χ1v) is 9.09. The lowest BCUT2D eigenvalue weighted by molar-refractivity contribution is 0.0922. The Morgan fingerprint density at radius 1 is 1.17 bits per heavy atom. The second kappa shape index (κ2) is 7.54. The molecule has 9 nitrogen and oxygen atoms in total. The number of rotatable bonds is 4. The first-order chi connectivity index (χ1) is 14.4. The number of amides is 1. The van der Waals surface area contributed by atoms with Crippen molar-refractivity contribution in [3.63, 3.8) is 0 Å². The minimum atomic E-state index is -0.564. The number of nitrogens with one attached hydrogen (secondary N) is 1. The van der Waals surface area contributed by atoms with E-state index in [9.17, 15) is 9.18 Å². The lowest BCUT2D eigenvalue weighted by Gasteiger charge is -2.28. The van der Waals surface area contributed by atoms with Crippen LogP contribution in [0.15, 0.2) is 24.5 Å². The second-order valence-electron chi connectivity index (χ2n) is 6.74. The topological polar surface area (TPSA) is 125 Å². The quantitative estimate of drug-likeness (QED) is 0.669. The zero-order chi connectivity index (χ0) is 21.4. The molecule has 0 bridgehead atoms. The number of nitrogens with two attached hydrogens (primary N) is 1. The summed E-state index contributed by atoms with van der Waals surface area (Å²) in [7, 11) is 2.84. The molecule has 10 heteroatoms. The standard InChI is InChI=1S/C20H19FN6O3/c1-9-18-14(27-20(22)24-9)6-13(26-19(18)28)11-5-16(29-2)12(21)4-10(11)15-7-23-8-17(25-15)30-3/h4-5,7-8,13H,6H2,1-3H3,(H,26,28)(H2,22,24,27)/t13-/m1/s1. The van der Waals surface area contributed by atoms with Gasteiger partial charge in [-0.15, -0.1) is 0 Å². The number of carbonyl (C=O) groups is 1. The number of methoxy groups -OCH3 is 2. The number of benzene rings is 1. The highest BCUT2D eigenvalue weighted by molar-refractivity contribution is 5.98. The maximum Gasteiger partial charge on any atom is 0.255 e. The van der Waals surface area contributed by atoms with Crippen molar-refractivity contribution in [1.82, 2.24) is 25.3 Å². The highest BCUT2D eigenvalue weighted by atomic mass is 19.1. The van der Waals surface area contributed by atoms with Crippen molar-refractivity contribution in [2.24, 2.45) is 0 Å². The zero-order valence-electron chi connectivity index (χ0n) is 16.6. The SMILES string of the molecule is COc1cncc(-c2cc(F)c(OC)cc2[C@H]2Cc3nc(N)nc(C)c3C(=O)N2)n1. The van der Waals surface area contributed by atoms with Gasteiger partial charge in [0.15, 0.2) is 11.6 Å². The fraction of sp³-hybridized carbons (Fsp3) is 0.250. The Bertz CT molecular complexity index is 1150. The van der Waals surface area contributed by atoms with E-state index < -0.39 is 11.9 Å². The number of aromatic nitrogens is 4. The normalized spacial score (nSPS) is 15.3. The maximum absolute atomic E-state index is 14.6. The molecule has 154 valence electrons. The molecule has 3 heterocycles. The molecule has 2 aromatic heterocycles. The molecule has 0 fully saturated rings. The number of nitrogens with zero attached hydrogens (tertiary/aromatic N) is 4. The van der Waals surface area contributed by atoms with Crippen LogP contribution in [0.4, 0.5) is 10.3 Å². The van der Waals surface area contributed by atoms with Crippen LogP contribution in [0.2, 0.25) is 0 Å². The van der Waals surface area contributed by atoms with E-state index >= 15 is 0 Å². The Balaban J connectivity index is 1.86. The molecule has 1 atom stereocenters. The number of hydrogen-bond donors (Lipinski definition) is 2. The van der Waals surface area contributed by atoms with Crippen LogP contribution >= 0.6 is 0 Å². The summed E-state index contributed by atoms with van der Waals surface area (Å²) in [6, 6.07) is 2.33.